The first-order valence-corrected chi connectivity index (χ1v) is 4.51. The van der Waals surface area contributed by atoms with Gasteiger partial charge in [-0.15, -0.1) is 0 Å². The second kappa shape index (κ2) is 4.82. The summed E-state index contributed by atoms with van der Waals surface area (Å²) in [7, 11) is 1.93. The van der Waals surface area contributed by atoms with Gasteiger partial charge in [0.15, 0.2) is 0 Å². The largest absolute Gasteiger partial charge is 0.478 e. The molecule has 3 heteroatoms. The summed E-state index contributed by atoms with van der Waals surface area (Å²) in [6, 6.07) is 4.02. The van der Waals surface area contributed by atoms with Crippen LogP contribution in [0.25, 0.3) is 0 Å². The molecule has 0 fully saturated rings. The smallest absolute Gasteiger partial charge is 0.213 e. The molecule has 3 nitrogen and oxygen atoms in total. The summed E-state index contributed by atoms with van der Waals surface area (Å²) in [5.41, 5.74) is 2.20. The molecule has 1 aromatic rings. The van der Waals surface area contributed by atoms with Crippen LogP contribution in [0, 0.1) is 6.92 Å². The van der Waals surface area contributed by atoms with E-state index in [1.807, 2.05) is 27.0 Å². The van der Waals surface area contributed by atoms with Crippen molar-refractivity contribution in [1.29, 1.82) is 0 Å². The minimum atomic E-state index is 0.662. The van der Waals surface area contributed by atoms with E-state index in [9.17, 15) is 0 Å². The van der Waals surface area contributed by atoms with E-state index in [0.29, 0.717) is 12.5 Å². The molecule has 0 aliphatic heterocycles. The molecule has 0 saturated carbocycles. The van der Waals surface area contributed by atoms with Crippen LogP contribution in [0.2, 0.25) is 0 Å². The molecule has 0 radical (unpaired) electrons. The van der Waals surface area contributed by atoms with Gasteiger partial charge in [0, 0.05) is 18.3 Å². The van der Waals surface area contributed by atoms with Gasteiger partial charge < -0.3 is 10.1 Å². The van der Waals surface area contributed by atoms with Crippen LogP contribution in [-0.2, 0) is 6.54 Å². The zero-order valence-corrected chi connectivity index (χ0v) is 8.42. The van der Waals surface area contributed by atoms with Crippen molar-refractivity contribution >= 4 is 0 Å². The average molecular weight is 180 g/mol. The quantitative estimate of drug-likeness (QED) is 0.762. The van der Waals surface area contributed by atoms with Crippen LogP contribution in [0.3, 0.4) is 0 Å². The molecule has 72 valence electrons. The van der Waals surface area contributed by atoms with Gasteiger partial charge in [-0.1, -0.05) is 0 Å². The second-order valence-corrected chi connectivity index (χ2v) is 2.92. The fourth-order valence-corrected chi connectivity index (χ4v) is 1.23. The highest BCUT2D eigenvalue weighted by Crippen LogP contribution is 2.11. The highest BCUT2D eigenvalue weighted by molar-refractivity contribution is 5.24. The summed E-state index contributed by atoms with van der Waals surface area (Å²) >= 11 is 0. The molecule has 0 unspecified atom stereocenters. The van der Waals surface area contributed by atoms with Crippen molar-refractivity contribution < 1.29 is 4.74 Å². The Kier molecular flexibility index (Phi) is 3.71. The first-order chi connectivity index (χ1) is 6.26. The zero-order valence-electron chi connectivity index (χ0n) is 8.42. The molecule has 0 aliphatic carbocycles. The van der Waals surface area contributed by atoms with Gasteiger partial charge in [0.2, 0.25) is 5.88 Å². The Morgan fingerprint density at radius 2 is 2.23 bits per heavy atom. The van der Waals surface area contributed by atoms with E-state index in [4.69, 9.17) is 4.74 Å². The first kappa shape index (κ1) is 9.99. The van der Waals surface area contributed by atoms with Crippen LogP contribution >= 0.6 is 0 Å². The Hall–Kier alpha value is -1.09. The maximum Gasteiger partial charge on any atom is 0.213 e. The number of hydrogen-bond donors (Lipinski definition) is 1. The summed E-state index contributed by atoms with van der Waals surface area (Å²) < 4.78 is 5.33. The van der Waals surface area contributed by atoms with Gasteiger partial charge in [0.05, 0.1) is 6.61 Å². The van der Waals surface area contributed by atoms with Crippen LogP contribution in [-0.4, -0.2) is 18.6 Å². The number of rotatable bonds is 4. The van der Waals surface area contributed by atoms with E-state index in [2.05, 4.69) is 16.4 Å². The highest BCUT2D eigenvalue weighted by atomic mass is 16.5. The van der Waals surface area contributed by atoms with Crippen molar-refractivity contribution in [1.82, 2.24) is 10.3 Å². The number of pyridine rings is 1. The SMILES string of the molecule is CCOc1cc(CNC)cc(C)n1. The minimum absolute atomic E-state index is 0.662. The van der Waals surface area contributed by atoms with Crippen LogP contribution < -0.4 is 10.1 Å². The molecule has 0 saturated heterocycles. The molecular weight excluding hydrogens is 164 g/mol. The summed E-state index contributed by atoms with van der Waals surface area (Å²) in [5, 5.41) is 3.10. The van der Waals surface area contributed by atoms with Crippen molar-refractivity contribution in [2.75, 3.05) is 13.7 Å². The summed E-state index contributed by atoms with van der Waals surface area (Å²) in [6.07, 6.45) is 0. The Bertz CT molecular complexity index is 249. The van der Waals surface area contributed by atoms with Gasteiger partial charge in [0.25, 0.3) is 0 Å². The molecule has 1 aromatic heterocycles. The highest BCUT2D eigenvalue weighted by Gasteiger charge is 1.99. The number of nitrogens with zero attached hydrogens (tertiary/aromatic N) is 1. The third-order valence-corrected chi connectivity index (χ3v) is 1.66. The lowest BCUT2D eigenvalue weighted by Crippen LogP contribution is -2.06. The zero-order chi connectivity index (χ0) is 9.68. The normalized spacial score (nSPS) is 10.1. The third-order valence-electron chi connectivity index (χ3n) is 1.66. The molecule has 0 spiro atoms. The molecular formula is C10H16N2O. The van der Waals surface area contributed by atoms with Gasteiger partial charge in [-0.3, -0.25) is 0 Å². The molecule has 1 rings (SSSR count). The maximum absolute atomic E-state index is 5.33. The molecule has 13 heavy (non-hydrogen) atoms. The number of nitrogens with one attached hydrogen (secondary N) is 1. The number of hydrogen-bond acceptors (Lipinski definition) is 3. The van der Waals surface area contributed by atoms with Gasteiger partial charge in [-0.2, -0.15) is 0 Å². The van der Waals surface area contributed by atoms with Gasteiger partial charge >= 0.3 is 0 Å². The predicted octanol–water partition coefficient (Wildman–Crippen LogP) is 1.51. The van der Waals surface area contributed by atoms with Crippen molar-refractivity contribution in [3.05, 3.63) is 23.4 Å². The number of ether oxygens (including phenoxy) is 1. The number of aromatic nitrogens is 1. The molecule has 0 bridgehead atoms. The fraction of sp³-hybridized carbons (Fsp3) is 0.500. The Morgan fingerprint density at radius 3 is 2.85 bits per heavy atom. The van der Waals surface area contributed by atoms with Crippen LogP contribution in [0.4, 0.5) is 0 Å². The summed E-state index contributed by atoms with van der Waals surface area (Å²) in [6.45, 7) is 5.45. The van der Waals surface area contributed by atoms with Crippen LogP contribution in [0.5, 0.6) is 5.88 Å². The van der Waals surface area contributed by atoms with Crippen molar-refractivity contribution in [2.24, 2.45) is 0 Å². The standard InChI is InChI=1S/C10H16N2O/c1-4-13-10-6-9(7-11-3)5-8(2)12-10/h5-6,11H,4,7H2,1-3H3. The van der Waals surface area contributed by atoms with Gasteiger partial charge in [0.1, 0.15) is 0 Å². The van der Waals surface area contributed by atoms with Crippen molar-refractivity contribution in [3.8, 4) is 5.88 Å². The Balaban J connectivity index is 2.83. The first-order valence-electron chi connectivity index (χ1n) is 4.51. The molecule has 1 heterocycles. The van der Waals surface area contributed by atoms with Gasteiger partial charge in [-0.25, -0.2) is 4.98 Å². The van der Waals surface area contributed by atoms with Gasteiger partial charge in [-0.05, 0) is 32.5 Å². The van der Waals surface area contributed by atoms with E-state index in [-0.39, 0.29) is 0 Å². The molecule has 0 aromatic carbocycles. The Morgan fingerprint density at radius 1 is 1.46 bits per heavy atom. The minimum Gasteiger partial charge on any atom is -0.478 e. The fourth-order valence-electron chi connectivity index (χ4n) is 1.23. The topological polar surface area (TPSA) is 34.1 Å². The second-order valence-electron chi connectivity index (χ2n) is 2.92. The van der Waals surface area contributed by atoms with E-state index in [1.54, 1.807) is 0 Å². The van der Waals surface area contributed by atoms with Crippen molar-refractivity contribution in [2.45, 2.75) is 20.4 Å². The van der Waals surface area contributed by atoms with E-state index in [0.717, 1.165) is 12.2 Å². The van der Waals surface area contributed by atoms with E-state index >= 15 is 0 Å². The third kappa shape index (κ3) is 3.03. The van der Waals surface area contributed by atoms with Crippen LogP contribution in [0.15, 0.2) is 12.1 Å². The lowest BCUT2D eigenvalue weighted by molar-refractivity contribution is 0.325. The van der Waals surface area contributed by atoms with Crippen LogP contribution in [0.1, 0.15) is 18.2 Å². The summed E-state index contributed by atoms with van der Waals surface area (Å²) in [4.78, 5) is 4.26. The van der Waals surface area contributed by atoms with Crippen molar-refractivity contribution in [3.63, 3.8) is 0 Å². The lowest BCUT2D eigenvalue weighted by atomic mass is 10.2. The number of aryl methyl sites for hydroxylation is 1. The average Bonchev–Trinajstić information content (AvgIpc) is 2.04. The van der Waals surface area contributed by atoms with E-state index in [1.165, 1.54) is 5.56 Å². The molecule has 1 N–H and O–H groups in total. The molecule has 0 aliphatic rings. The molecule has 0 amide bonds. The predicted molar refractivity (Wildman–Crippen MR) is 52.9 cm³/mol. The summed E-state index contributed by atoms with van der Waals surface area (Å²) in [5.74, 6) is 0.716. The Labute approximate surface area is 79.1 Å². The monoisotopic (exact) mass is 180 g/mol. The molecule has 0 atom stereocenters. The lowest BCUT2D eigenvalue weighted by Gasteiger charge is -2.06. The maximum atomic E-state index is 5.33. The van der Waals surface area contributed by atoms with E-state index < -0.39 is 0 Å².